The molecule has 1 amide bonds. The average Bonchev–Trinajstić information content (AvgIpc) is 2.85. The molecule has 1 aliphatic carbocycles. The molecular formula is C19H26ClN3O. The number of nitrogens with zero attached hydrogens (tertiary/aromatic N) is 2. The number of hydrogen-bond donors (Lipinski definition) is 1. The second kappa shape index (κ2) is 7.16. The van der Waals surface area contributed by atoms with Crippen LogP contribution in [0.5, 0.6) is 0 Å². The van der Waals surface area contributed by atoms with Gasteiger partial charge in [0.15, 0.2) is 0 Å². The first-order chi connectivity index (χ1) is 11.4. The number of halogens is 1. The first kappa shape index (κ1) is 17.3. The van der Waals surface area contributed by atoms with Crippen molar-refractivity contribution in [2.45, 2.75) is 31.7 Å². The van der Waals surface area contributed by atoms with Crippen LogP contribution in [0.4, 0.5) is 0 Å². The SMILES string of the molecule is CN(C)CC1CCC(NC(=O)c2cc3cc(Cl)ccc3n2C)CC1. The standard InChI is InChI=1S/C19H26ClN3O/c1-22(2)12-13-4-7-16(8-5-13)21-19(24)18-11-14-10-15(20)6-9-17(14)23(18)3/h6,9-11,13,16H,4-5,7-8,12H2,1-3H3,(H,21,24). The Morgan fingerprint density at radius 3 is 2.62 bits per heavy atom. The number of aryl methyl sites for hydroxylation is 1. The van der Waals surface area contributed by atoms with Crippen molar-refractivity contribution < 1.29 is 4.79 Å². The fourth-order valence-corrected chi connectivity index (χ4v) is 3.98. The highest BCUT2D eigenvalue weighted by Gasteiger charge is 2.24. The molecule has 1 aromatic carbocycles. The van der Waals surface area contributed by atoms with E-state index in [-0.39, 0.29) is 11.9 Å². The lowest BCUT2D eigenvalue weighted by molar-refractivity contribution is 0.0911. The van der Waals surface area contributed by atoms with E-state index in [2.05, 4.69) is 24.3 Å². The summed E-state index contributed by atoms with van der Waals surface area (Å²) in [6.07, 6.45) is 4.52. The van der Waals surface area contributed by atoms with Gasteiger partial charge in [-0.15, -0.1) is 0 Å². The van der Waals surface area contributed by atoms with Crippen molar-refractivity contribution in [3.05, 3.63) is 35.0 Å². The van der Waals surface area contributed by atoms with Gasteiger partial charge in [0.25, 0.3) is 5.91 Å². The molecule has 0 spiro atoms. The van der Waals surface area contributed by atoms with Gasteiger partial charge in [0, 0.05) is 35.6 Å². The zero-order valence-corrected chi connectivity index (χ0v) is 15.4. The van der Waals surface area contributed by atoms with Crippen LogP contribution in [0.25, 0.3) is 10.9 Å². The van der Waals surface area contributed by atoms with Crippen molar-refractivity contribution in [2.75, 3.05) is 20.6 Å². The summed E-state index contributed by atoms with van der Waals surface area (Å²) in [7, 11) is 6.18. The molecule has 130 valence electrons. The molecule has 1 fully saturated rings. The Morgan fingerprint density at radius 2 is 1.96 bits per heavy atom. The van der Waals surface area contributed by atoms with E-state index in [0.717, 1.165) is 36.2 Å². The zero-order valence-electron chi connectivity index (χ0n) is 14.7. The van der Waals surface area contributed by atoms with Gasteiger partial charge in [0.1, 0.15) is 5.69 Å². The van der Waals surface area contributed by atoms with Crippen LogP contribution < -0.4 is 5.32 Å². The fraction of sp³-hybridized carbons (Fsp3) is 0.526. The number of amides is 1. The second-order valence-electron chi connectivity index (χ2n) is 7.25. The predicted molar refractivity (Wildman–Crippen MR) is 99.7 cm³/mol. The van der Waals surface area contributed by atoms with E-state index in [1.165, 1.54) is 12.8 Å². The van der Waals surface area contributed by atoms with Crippen molar-refractivity contribution in [1.29, 1.82) is 0 Å². The maximum absolute atomic E-state index is 12.7. The topological polar surface area (TPSA) is 37.3 Å². The van der Waals surface area contributed by atoms with Gasteiger partial charge in [-0.25, -0.2) is 0 Å². The number of nitrogens with one attached hydrogen (secondary N) is 1. The van der Waals surface area contributed by atoms with E-state index in [9.17, 15) is 4.79 Å². The number of hydrogen-bond acceptors (Lipinski definition) is 2. The molecular weight excluding hydrogens is 322 g/mol. The molecule has 1 saturated carbocycles. The summed E-state index contributed by atoms with van der Waals surface area (Å²) in [4.78, 5) is 14.9. The highest BCUT2D eigenvalue weighted by Crippen LogP contribution is 2.26. The number of carbonyl (C=O) groups is 1. The molecule has 0 unspecified atom stereocenters. The fourth-order valence-electron chi connectivity index (χ4n) is 3.80. The summed E-state index contributed by atoms with van der Waals surface area (Å²) < 4.78 is 1.94. The second-order valence-corrected chi connectivity index (χ2v) is 7.68. The van der Waals surface area contributed by atoms with Crippen LogP contribution in [-0.2, 0) is 7.05 Å². The van der Waals surface area contributed by atoms with Crippen LogP contribution in [-0.4, -0.2) is 42.1 Å². The smallest absolute Gasteiger partial charge is 0.268 e. The van der Waals surface area contributed by atoms with Gasteiger partial charge < -0.3 is 14.8 Å². The molecule has 1 aliphatic rings. The van der Waals surface area contributed by atoms with Gasteiger partial charge in [-0.05, 0) is 70.0 Å². The Hall–Kier alpha value is -1.52. The minimum Gasteiger partial charge on any atom is -0.348 e. The van der Waals surface area contributed by atoms with Gasteiger partial charge in [-0.1, -0.05) is 11.6 Å². The first-order valence-corrected chi connectivity index (χ1v) is 9.02. The third-order valence-corrected chi connectivity index (χ3v) is 5.28. The molecule has 4 nitrogen and oxygen atoms in total. The van der Waals surface area contributed by atoms with E-state index in [1.54, 1.807) is 0 Å². The molecule has 0 aliphatic heterocycles. The number of fused-ring (bicyclic) bond motifs is 1. The molecule has 3 rings (SSSR count). The Bertz CT molecular complexity index is 730. The minimum absolute atomic E-state index is 0.0147. The van der Waals surface area contributed by atoms with E-state index < -0.39 is 0 Å². The van der Waals surface area contributed by atoms with E-state index >= 15 is 0 Å². The molecule has 1 heterocycles. The number of carbonyl (C=O) groups excluding carboxylic acids is 1. The Balaban J connectivity index is 1.65. The molecule has 24 heavy (non-hydrogen) atoms. The van der Waals surface area contributed by atoms with Gasteiger partial charge in [0.05, 0.1) is 0 Å². The monoisotopic (exact) mass is 347 g/mol. The quantitative estimate of drug-likeness (QED) is 0.916. The molecule has 5 heteroatoms. The van der Waals surface area contributed by atoms with Crippen LogP contribution in [0.3, 0.4) is 0 Å². The van der Waals surface area contributed by atoms with Crippen LogP contribution in [0.1, 0.15) is 36.2 Å². The largest absolute Gasteiger partial charge is 0.348 e. The normalized spacial score (nSPS) is 21.4. The van der Waals surface area contributed by atoms with Crippen molar-refractivity contribution in [3.8, 4) is 0 Å². The third kappa shape index (κ3) is 3.76. The summed E-state index contributed by atoms with van der Waals surface area (Å²) >= 11 is 6.05. The Labute approximate surface area is 148 Å². The van der Waals surface area contributed by atoms with Crippen LogP contribution >= 0.6 is 11.6 Å². The van der Waals surface area contributed by atoms with Gasteiger partial charge >= 0.3 is 0 Å². The Kier molecular flexibility index (Phi) is 5.16. The summed E-state index contributed by atoms with van der Waals surface area (Å²) in [5.74, 6) is 0.772. The zero-order chi connectivity index (χ0) is 17.3. The summed E-state index contributed by atoms with van der Waals surface area (Å²) in [5, 5.41) is 4.92. The molecule has 1 aromatic heterocycles. The summed E-state index contributed by atoms with van der Waals surface area (Å²) in [6.45, 7) is 1.14. The van der Waals surface area contributed by atoms with Crippen molar-refractivity contribution >= 4 is 28.4 Å². The summed E-state index contributed by atoms with van der Waals surface area (Å²) in [5.41, 5.74) is 1.72. The van der Waals surface area contributed by atoms with E-state index in [0.29, 0.717) is 10.7 Å². The van der Waals surface area contributed by atoms with Gasteiger partial charge in [0.2, 0.25) is 0 Å². The third-order valence-electron chi connectivity index (χ3n) is 5.04. The van der Waals surface area contributed by atoms with Gasteiger partial charge in [-0.2, -0.15) is 0 Å². The Morgan fingerprint density at radius 1 is 1.25 bits per heavy atom. The lowest BCUT2D eigenvalue weighted by Gasteiger charge is -2.30. The van der Waals surface area contributed by atoms with Gasteiger partial charge in [-0.3, -0.25) is 4.79 Å². The summed E-state index contributed by atoms with van der Waals surface area (Å²) in [6, 6.07) is 7.94. The number of rotatable bonds is 4. The molecule has 0 saturated heterocycles. The molecule has 2 aromatic rings. The van der Waals surface area contributed by atoms with E-state index in [1.807, 2.05) is 35.9 Å². The first-order valence-electron chi connectivity index (χ1n) is 8.64. The maximum Gasteiger partial charge on any atom is 0.268 e. The average molecular weight is 348 g/mol. The molecule has 0 bridgehead atoms. The molecule has 0 radical (unpaired) electrons. The van der Waals surface area contributed by atoms with Crippen molar-refractivity contribution in [3.63, 3.8) is 0 Å². The molecule has 1 N–H and O–H groups in total. The van der Waals surface area contributed by atoms with Crippen LogP contribution in [0, 0.1) is 5.92 Å². The number of benzene rings is 1. The highest BCUT2D eigenvalue weighted by molar-refractivity contribution is 6.31. The lowest BCUT2D eigenvalue weighted by Crippen LogP contribution is -2.39. The molecule has 0 atom stereocenters. The minimum atomic E-state index is 0.0147. The van der Waals surface area contributed by atoms with E-state index in [4.69, 9.17) is 11.6 Å². The highest BCUT2D eigenvalue weighted by atomic mass is 35.5. The van der Waals surface area contributed by atoms with Crippen molar-refractivity contribution in [1.82, 2.24) is 14.8 Å². The number of aromatic nitrogens is 1. The van der Waals surface area contributed by atoms with Crippen molar-refractivity contribution in [2.24, 2.45) is 13.0 Å². The van der Waals surface area contributed by atoms with Crippen LogP contribution in [0.2, 0.25) is 5.02 Å². The maximum atomic E-state index is 12.7. The predicted octanol–water partition coefficient (Wildman–Crippen LogP) is 3.68. The van der Waals surface area contributed by atoms with Crippen LogP contribution in [0.15, 0.2) is 24.3 Å². The lowest BCUT2D eigenvalue weighted by atomic mass is 9.85.